The number of carbonyl (C=O) groups excluding carboxylic acids is 1. The van der Waals surface area contributed by atoms with Crippen molar-refractivity contribution in [3.8, 4) is 0 Å². The molecule has 1 aromatic carbocycles. The highest BCUT2D eigenvalue weighted by molar-refractivity contribution is 7.98. The maximum atomic E-state index is 12.8. The molecule has 1 aliphatic heterocycles. The molecule has 6 nitrogen and oxygen atoms in total. The van der Waals surface area contributed by atoms with Gasteiger partial charge in [-0.2, -0.15) is 0 Å². The van der Waals surface area contributed by atoms with Crippen molar-refractivity contribution < 1.29 is 14.3 Å². The first-order chi connectivity index (χ1) is 11.1. The lowest BCUT2D eigenvalue weighted by Gasteiger charge is -2.15. The van der Waals surface area contributed by atoms with E-state index in [9.17, 15) is 9.59 Å². The molecule has 1 fully saturated rings. The SMILES string of the molecule is COC(=O)c1ccc2c(=O)n(CC3CCCO3)c(SC)nc2c1. The Labute approximate surface area is 137 Å². The van der Waals surface area contributed by atoms with Crippen molar-refractivity contribution >= 4 is 28.6 Å². The van der Waals surface area contributed by atoms with Crippen molar-refractivity contribution in [3.63, 3.8) is 0 Å². The zero-order chi connectivity index (χ0) is 16.4. The van der Waals surface area contributed by atoms with Crippen LogP contribution in [0, 0.1) is 0 Å². The van der Waals surface area contributed by atoms with Crippen LogP contribution in [0.25, 0.3) is 10.9 Å². The molecule has 1 atom stereocenters. The Morgan fingerprint density at radius 1 is 1.52 bits per heavy atom. The van der Waals surface area contributed by atoms with Crippen molar-refractivity contribution in [1.29, 1.82) is 0 Å². The van der Waals surface area contributed by atoms with E-state index in [1.54, 1.807) is 22.8 Å². The molecule has 2 heterocycles. The van der Waals surface area contributed by atoms with E-state index in [2.05, 4.69) is 4.98 Å². The normalized spacial score (nSPS) is 17.6. The third-order valence-electron chi connectivity index (χ3n) is 3.93. The van der Waals surface area contributed by atoms with E-state index < -0.39 is 5.97 Å². The van der Waals surface area contributed by atoms with Crippen LogP contribution in [0.15, 0.2) is 28.2 Å². The highest BCUT2D eigenvalue weighted by Crippen LogP contribution is 2.20. The number of thioether (sulfide) groups is 1. The van der Waals surface area contributed by atoms with E-state index in [0.717, 1.165) is 19.4 Å². The first kappa shape index (κ1) is 16.0. The predicted octanol–water partition coefficient (Wildman–Crippen LogP) is 2.08. The number of hydrogen-bond acceptors (Lipinski definition) is 6. The molecule has 0 bridgehead atoms. The maximum Gasteiger partial charge on any atom is 0.337 e. The van der Waals surface area contributed by atoms with Crippen LogP contribution in [0.3, 0.4) is 0 Å². The summed E-state index contributed by atoms with van der Waals surface area (Å²) >= 11 is 1.41. The van der Waals surface area contributed by atoms with Crippen molar-refractivity contribution in [2.45, 2.75) is 30.6 Å². The summed E-state index contributed by atoms with van der Waals surface area (Å²) in [6.45, 7) is 1.26. The van der Waals surface area contributed by atoms with E-state index in [-0.39, 0.29) is 11.7 Å². The summed E-state index contributed by atoms with van der Waals surface area (Å²) in [4.78, 5) is 29.0. The Hall–Kier alpha value is -1.86. The zero-order valence-electron chi connectivity index (χ0n) is 13.1. The lowest BCUT2D eigenvalue weighted by Crippen LogP contribution is -2.28. The van der Waals surface area contributed by atoms with E-state index in [0.29, 0.717) is 28.2 Å². The minimum Gasteiger partial charge on any atom is -0.465 e. The Morgan fingerprint density at radius 2 is 2.35 bits per heavy atom. The monoisotopic (exact) mass is 334 g/mol. The smallest absolute Gasteiger partial charge is 0.337 e. The van der Waals surface area contributed by atoms with Gasteiger partial charge in [0.05, 0.1) is 36.2 Å². The van der Waals surface area contributed by atoms with Crippen molar-refractivity contribution in [3.05, 3.63) is 34.1 Å². The van der Waals surface area contributed by atoms with Gasteiger partial charge in [-0.1, -0.05) is 11.8 Å². The summed E-state index contributed by atoms with van der Waals surface area (Å²) in [6.07, 6.45) is 3.92. The molecular formula is C16H18N2O4S. The third-order valence-corrected chi connectivity index (χ3v) is 4.61. The number of fused-ring (bicyclic) bond motifs is 1. The number of hydrogen-bond donors (Lipinski definition) is 0. The van der Waals surface area contributed by atoms with Gasteiger partial charge in [0.2, 0.25) is 0 Å². The molecule has 0 aliphatic carbocycles. The molecule has 0 radical (unpaired) electrons. The highest BCUT2D eigenvalue weighted by Gasteiger charge is 2.20. The lowest BCUT2D eigenvalue weighted by molar-refractivity contribution is 0.0601. The predicted molar refractivity (Wildman–Crippen MR) is 88.1 cm³/mol. The molecule has 0 N–H and O–H groups in total. The van der Waals surface area contributed by atoms with Crippen LogP contribution >= 0.6 is 11.8 Å². The fourth-order valence-corrected chi connectivity index (χ4v) is 3.32. The Kier molecular flexibility index (Phi) is 4.68. The van der Waals surface area contributed by atoms with Crippen molar-refractivity contribution in [1.82, 2.24) is 9.55 Å². The Morgan fingerprint density at radius 3 is 3.00 bits per heavy atom. The third kappa shape index (κ3) is 3.11. The first-order valence-corrected chi connectivity index (χ1v) is 8.65. The summed E-state index contributed by atoms with van der Waals surface area (Å²) in [7, 11) is 1.33. The van der Waals surface area contributed by atoms with E-state index >= 15 is 0 Å². The number of nitrogens with zero attached hydrogens (tertiary/aromatic N) is 2. The molecule has 1 aliphatic rings. The molecule has 1 saturated heterocycles. The minimum atomic E-state index is -0.442. The fourth-order valence-electron chi connectivity index (χ4n) is 2.75. The quantitative estimate of drug-likeness (QED) is 0.484. The van der Waals surface area contributed by atoms with Gasteiger partial charge in [0.1, 0.15) is 0 Å². The van der Waals surface area contributed by atoms with Gasteiger partial charge in [-0.25, -0.2) is 9.78 Å². The maximum absolute atomic E-state index is 12.8. The van der Waals surface area contributed by atoms with Crippen LogP contribution in [0.1, 0.15) is 23.2 Å². The average molecular weight is 334 g/mol. The van der Waals surface area contributed by atoms with Gasteiger partial charge >= 0.3 is 5.97 Å². The summed E-state index contributed by atoms with van der Waals surface area (Å²) < 4.78 is 12.0. The largest absolute Gasteiger partial charge is 0.465 e. The van der Waals surface area contributed by atoms with Gasteiger partial charge in [0, 0.05) is 6.61 Å². The number of aromatic nitrogens is 2. The Balaban J connectivity index is 2.08. The second-order valence-electron chi connectivity index (χ2n) is 5.37. The molecule has 2 aromatic rings. The zero-order valence-corrected chi connectivity index (χ0v) is 13.9. The van der Waals surface area contributed by atoms with Gasteiger partial charge in [0.15, 0.2) is 5.16 Å². The number of ether oxygens (including phenoxy) is 2. The van der Waals surface area contributed by atoms with Gasteiger partial charge in [-0.15, -0.1) is 0 Å². The van der Waals surface area contributed by atoms with Gasteiger partial charge in [-0.3, -0.25) is 9.36 Å². The van der Waals surface area contributed by atoms with E-state index in [1.165, 1.54) is 18.9 Å². The summed E-state index contributed by atoms with van der Waals surface area (Å²) in [5.41, 5.74) is 0.785. The van der Waals surface area contributed by atoms with Crippen LogP contribution in [0.2, 0.25) is 0 Å². The van der Waals surface area contributed by atoms with Gasteiger partial charge in [0.25, 0.3) is 5.56 Å². The van der Waals surface area contributed by atoms with Crippen molar-refractivity contribution in [2.75, 3.05) is 20.0 Å². The molecule has 1 aromatic heterocycles. The molecule has 0 saturated carbocycles. The van der Waals surface area contributed by atoms with Crippen LogP contribution in [-0.4, -0.2) is 41.6 Å². The molecule has 122 valence electrons. The number of benzene rings is 1. The average Bonchev–Trinajstić information content (AvgIpc) is 3.09. The lowest BCUT2D eigenvalue weighted by atomic mass is 10.1. The minimum absolute atomic E-state index is 0.0622. The first-order valence-electron chi connectivity index (χ1n) is 7.42. The summed E-state index contributed by atoms with van der Waals surface area (Å²) in [6, 6.07) is 4.82. The summed E-state index contributed by atoms with van der Waals surface area (Å²) in [5.74, 6) is -0.442. The van der Waals surface area contributed by atoms with Crippen molar-refractivity contribution in [2.24, 2.45) is 0 Å². The molecular weight excluding hydrogens is 316 g/mol. The fraction of sp³-hybridized carbons (Fsp3) is 0.438. The molecule has 0 amide bonds. The molecule has 23 heavy (non-hydrogen) atoms. The number of rotatable bonds is 4. The Bertz CT molecular complexity index is 797. The second-order valence-corrected chi connectivity index (χ2v) is 6.15. The standard InChI is InChI=1S/C16H18N2O4S/c1-21-15(20)10-5-6-12-13(8-10)17-16(23-2)18(14(12)19)9-11-4-3-7-22-11/h5-6,8,11H,3-4,7,9H2,1-2H3. The van der Waals surface area contributed by atoms with E-state index in [4.69, 9.17) is 9.47 Å². The van der Waals surface area contributed by atoms with Crippen LogP contribution < -0.4 is 5.56 Å². The van der Waals surface area contributed by atoms with Gasteiger partial charge in [-0.05, 0) is 37.3 Å². The molecule has 7 heteroatoms. The molecule has 0 spiro atoms. The van der Waals surface area contributed by atoms with Crippen LogP contribution in [-0.2, 0) is 16.0 Å². The van der Waals surface area contributed by atoms with Crippen LogP contribution in [0.5, 0.6) is 0 Å². The number of carbonyl (C=O) groups is 1. The van der Waals surface area contributed by atoms with E-state index in [1.807, 2.05) is 6.26 Å². The van der Waals surface area contributed by atoms with Gasteiger partial charge < -0.3 is 9.47 Å². The molecule has 1 unspecified atom stereocenters. The number of esters is 1. The molecule has 3 rings (SSSR count). The van der Waals surface area contributed by atoms with Crippen LogP contribution in [0.4, 0.5) is 0 Å². The second kappa shape index (κ2) is 6.72. The number of methoxy groups -OCH3 is 1. The highest BCUT2D eigenvalue weighted by atomic mass is 32.2. The topological polar surface area (TPSA) is 70.4 Å². The summed E-state index contributed by atoms with van der Waals surface area (Å²) in [5, 5.41) is 1.12.